The summed E-state index contributed by atoms with van der Waals surface area (Å²) in [5, 5.41) is 3.06. The second-order valence-electron chi connectivity index (χ2n) is 4.45. The van der Waals surface area contributed by atoms with Crippen molar-refractivity contribution in [1.29, 1.82) is 0 Å². The van der Waals surface area contributed by atoms with Gasteiger partial charge < -0.3 is 15.5 Å². The van der Waals surface area contributed by atoms with Crippen LogP contribution in [0.3, 0.4) is 0 Å². The molecule has 0 amide bonds. The summed E-state index contributed by atoms with van der Waals surface area (Å²) in [4.78, 5) is 8.51. The van der Waals surface area contributed by atoms with Crippen LogP contribution in [0, 0.1) is 12.8 Å². The van der Waals surface area contributed by atoms with Gasteiger partial charge in [-0.2, -0.15) is 0 Å². The number of aromatic nitrogens is 1. The van der Waals surface area contributed by atoms with E-state index in [0.717, 1.165) is 30.3 Å². The van der Waals surface area contributed by atoms with Crippen LogP contribution in [-0.4, -0.2) is 17.5 Å². The Hall–Kier alpha value is -1.52. The average molecular weight is 238 g/mol. The van der Waals surface area contributed by atoms with Crippen molar-refractivity contribution in [2.45, 2.75) is 40.7 Å². The maximum absolute atomic E-state index is 5.74. The largest absolute Gasteiger partial charge is 0.443 e. The molecular formula is C12H22N4O. The van der Waals surface area contributed by atoms with Crippen LogP contribution in [0.1, 0.15) is 38.1 Å². The lowest BCUT2D eigenvalue weighted by Crippen LogP contribution is -2.34. The van der Waals surface area contributed by atoms with E-state index in [1.54, 1.807) is 0 Å². The van der Waals surface area contributed by atoms with Crippen LogP contribution in [0.4, 0.5) is 0 Å². The monoisotopic (exact) mass is 238 g/mol. The number of aliphatic imine (C=N–C) groups is 1. The number of guanidine groups is 1. The zero-order valence-corrected chi connectivity index (χ0v) is 11.1. The van der Waals surface area contributed by atoms with Gasteiger partial charge in [0, 0.05) is 13.0 Å². The van der Waals surface area contributed by atoms with Crippen molar-refractivity contribution < 1.29 is 4.42 Å². The molecule has 5 heteroatoms. The summed E-state index contributed by atoms with van der Waals surface area (Å²) in [6.45, 7) is 9.44. The predicted molar refractivity (Wildman–Crippen MR) is 68.8 cm³/mol. The highest BCUT2D eigenvalue weighted by Crippen LogP contribution is 2.11. The molecule has 0 unspecified atom stereocenters. The van der Waals surface area contributed by atoms with Gasteiger partial charge in [0.1, 0.15) is 12.3 Å². The van der Waals surface area contributed by atoms with E-state index in [0.29, 0.717) is 18.4 Å². The number of nitrogens with zero attached hydrogens (tertiary/aromatic N) is 2. The summed E-state index contributed by atoms with van der Waals surface area (Å²) in [5.74, 6) is 2.53. The predicted octanol–water partition coefficient (Wildman–Crippen LogP) is 1.61. The Kier molecular flexibility index (Phi) is 5.00. The van der Waals surface area contributed by atoms with Gasteiger partial charge in [0.05, 0.1) is 5.69 Å². The lowest BCUT2D eigenvalue weighted by molar-refractivity contribution is 0.460. The van der Waals surface area contributed by atoms with Crippen molar-refractivity contribution in [1.82, 2.24) is 10.3 Å². The van der Waals surface area contributed by atoms with Gasteiger partial charge in [-0.1, -0.05) is 20.8 Å². The van der Waals surface area contributed by atoms with Crippen LogP contribution in [0.5, 0.6) is 0 Å². The zero-order valence-electron chi connectivity index (χ0n) is 11.1. The summed E-state index contributed by atoms with van der Waals surface area (Å²) < 4.78 is 5.54. The first kappa shape index (κ1) is 13.5. The van der Waals surface area contributed by atoms with Crippen molar-refractivity contribution >= 4 is 5.96 Å². The summed E-state index contributed by atoms with van der Waals surface area (Å²) in [5.41, 5.74) is 6.63. The molecule has 17 heavy (non-hydrogen) atoms. The third-order valence-corrected chi connectivity index (χ3v) is 2.32. The van der Waals surface area contributed by atoms with Crippen molar-refractivity contribution in [2.24, 2.45) is 16.6 Å². The van der Waals surface area contributed by atoms with Gasteiger partial charge in [0.15, 0.2) is 11.9 Å². The summed E-state index contributed by atoms with van der Waals surface area (Å²) in [6, 6.07) is 0. The maximum atomic E-state index is 5.74. The molecule has 0 spiro atoms. The molecule has 0 fully saturated rings. The fraction of sp³-hybridized carbons (Fsp3) is 0.667. The lowest BCUT2D eigenvalue weighted by Gasteiger charge is -2.07. The molecule has 0 bridgehead atoms. The minimum absolute atomic E-state index is 0.440. The van der Waals surface area contributed by atoms with Crippen molar-refractivity contribution in [2.75, 3.05) is 6.54 Å². The summed E-state index contributed by atoms with van der Waals surface area (Å²) in [7, 11) is 0. The molecule has 0 saturated heterocycles. The molecule has 96 valence electrons. The second kappa shape index (κ2) is 6.27. The Morgan fingerprint density at radius 3 is 2.76 bits per heavy atom. The first-order valence-corrected chi connectivity index (χ1v) is 6.01. The van der Waals surface area contributed by atoms with E-state index >= 15 is 0 Å². The topological polar surface area (TPSA) is 76.4 Å². The van der Waals surface area contributed by atoms with E-state index in [4.69, 9.17) is 10.2 Å². The fourth-order valence-electron chi connectivity index (χ4n) is 1.31. The van der Waals surface area contributed by atoms with Gasteiger partial charge in [-0.15, -0.1) is 0 Å². The highest BCUT2D eigenvalue weighted by Gasteiger charge is 2.07. The molecule has 3 N–H and O–H groups in total. The molecule has 0 radical (unpaired) electrons. The van der Waals surface area contributed by atoms with E-state index < -0.39 is 0 Å². The number of nitrogens with two attached hydrogens (primary N) is 1. The van der Waals surface area contributed by atoms with Gasteiger partial charge in [-0.25, -0.2) is 9.98 Å². The van der Waals surface area contributed by atoms with Crippen molar-refractivity contribution in [3.05, 3.63) is 17.3 Å². The molecular weight excluding hydrogens is 216 g/mol. The molecule has 0 aliphatic heterocycles. The lowest BCUT2D eigenvalue weighted by atomic mass is 10.2. The van der Waals surface area contributed by atoms with Gasteiger partial charge in [0.2, 0.25) is 0 Å². The highest BCUT2D eigenvalue weighted by atomic mass is 16.4. The van der Waals surface area contributed by atoms with Crippen LogP contribution in [0.15, 0.2) is 9.41 Å². The molecule has 0 aliphatic rings. The van der Waals surface area contributed by atoms with Crippen LogP contribution >= 0.6 is 0 Å². The summed E-state index contributed by atoms with van der Waals surface area (Å²) in [6.07, 6.45) is 0.797. The average Bonchev–Trinajstić information content (AvgIpc) is 2.64. The molecule has 0 aliphatic carbocycles. The third-order valence-electron chi connectivity index (χ3n) is 2.32. The molecule has 1 rings (SSSR count). The zero-order chi connectivity index (χ0) is 12.8. The standard InChI is InChI=1S/C12H22N4O/c1-5-11-16-9(4)10(17-11)7-15-12(13)14-6-8(2)3/h8H,5-7H2,1-4H3,(H3,13,14,15). The number of hydrogen-bond acceptors (Lipinski definition) is 3. The number of aryl methyl sites for hydroxylation is 2. The Bertz CT molecular complexity index is 382. The molecule has 0 saturated carbocycles. The molecule has 0 aromatic carbocycles. The Labute approximate surface area is 103 Å². The van der Waals surface area contributed by atoms with E-state index in [-0.39, 0.29) is 0 Å². The number of hydrogen-bond donors (Lipinski definition) is 2. The molecule has 0 atom stereocenters. The van der Waals surface area contributed by atoms with Crippen LogP contribution in [-0.2, 0) is 13.0 Å². The normalized spacial score (nSPS) is 12.2. The summed E-state index contributed by atoms with van der Waals surface area (Å²) >= 11 is 0. The SMILES string of the molecule is CCc1nc(C)c(CN=C(N)NCC(C)C)o1. The highest BCUT2D eigenvalue weighted by molar-refractivity contribution is 5.77. The van der Waals surface area contributed by atoms with Crippen molar-refractivity contribution in [3.63, 3.8) is 0 Å². The first-order valence-electron chi connectivity index (χ1n) is 6.01. The van der Waals surface area contributed by atoms with Gasteiger partial charge in [-0.3, -0.25) is 0 Å². The number of oxazole rings is 1. The molecule has 1 aromatic rings. The van der Waals surface area contributed by atoms with E-state index in [1.165, 1.54) is 0 Å². The third kappa shape index (κ3) is 4.46. The van der Waals surface area contributed by atoms with E-state index in [1.807, 2.05) is 13.8 Å². The fourth-order valence-corrected chi connectivity index (χ4v) is 1.31. The molecule has 1 aromatic heterocycles. The Balaban J connectivity index is 2.53. The molecule has 5 nitrogen and oxygen atoms in total. The van der Waals surface area contributed by atoms with Gasteiger partial charge in [0.25, 0.3) is 0 Å². The van der Waals surface area contributed by atoms with Crippen LogP contribution < -0.4 is 11.1 Å². The van der Waals surface area contributed by atoms with Crippen LogP contribution in [0.25, 0.3) is 0 Å². The van der Waals surface area contributed by atoms with Gasteiger partial charge >= 0.3 is 0 Å². The van der Waals surface area contributed by atoms with E-state index in [9.17, 15) is 0 Å². The first-order chi connectivity index (χ1) is 8.02. The Morgan fingerprint density at radius 2 is 2.24 bits per heavy atom. The second-order valence-corrected chi connectivity index (χ2v) is 4.45. The maximum Gasteiger partial charge on any atom is 0.194 e. The Morgan fingerprint density at radius 1 is 1.53 bits per heavy atom. The van der Waals surface area contributed by atoms with Crippen LogP contribution in [0.2, 0.25) is 0 Å². The molecule has 1 heterocycles. The number of nitrogens with one attached hydrogen (secondary N) is 1. The quantitative estimate of drug-likeness (QED) is 0.603. The smallest absolute Gasteiger partial charge is 0.194 e. The number of rotatable bonds is 5. The van der Waals surface area contributed by atoms with Gasteiger partial charge in [-0.05, 0) is 12.8 Å². The van der Waals surface area contributed by atoms with Crippen molar-refractivity contribution in [3.8, 4) is 0 Å². The minimum atomic E-state index is 0.440. The minimum Gasteiger partial charge on any atom is -0.443 e. The van der Waals surface area contributed by atoms with E-state index in [2.05, 4.69) is 29.1 Å².